The molecule has 0 bridgehead atoms. The van der Waals surface area contributed by atoms with Gasteiger partial charge in [0.05, 0.1) is 38.4 Å². The number of nitrogens with one attached hydrogen (secondary N) is 1. The number of halogens is 4. The fraction of sp³-hybridized carbons (Fsp3) is 0.435. The average Bonchev–Trinajstić information content (AvgIpc) is 2.91. The number of hydrogen-bond acceptors (Lipinski definition) is 9. The second-order valence-electron chi connectivity index (χ2n) is 8.50. The predicted molar refractivity (Wildman–Crippen MR) is 128 cm³/mol. The number of nitrogens with zero attached hydrogens (tertiary/aromatic N) is 6. The molecule has 2 atom stereocenters. The molecule has 0 unspecified atom stereocenters. The van der Waals surface area contributed by atoms with E-state index in [2.05, 4.69) is 19.9 Å². The lowest BCUT2D eigenvalue weighted by atomic mass is 10.1. The molecular formula is C23H25F4N7O4. The molecule has 204 valence electrons. The SMILES string of the molecule is COc1cc(N2CC[C@H](C(F)(F)F)n3c2nc(N2CCOC[C@H]2C)c(F)c3=O)ccn1.O=c1ccnc[nH]1. The molecule has 0 spiro atoms. The van der Waals surface area contributed by atoms with Gasteiger partial charge in [-0.2, -0.15) is 22.5 Å². The number of aromatic amines is 1. The molecule has 2 aliphatic rings. The summed E-state index contributed by atoms with van der Waals surface area (Å²) in [6, 6.07) is 1.97. The third-order valence-electron chi connectivity index (χ3n) is 6.05. The summed E-state index contributed by atoms with van der Waals surface area (Å²) in [6.45, 7) is 2.53. The van der Waals surface area contributed by atoms with Gasteiger partial charge in [-0.05, 0) is 19.4 Å². The zero-order valence-electron chi connectivity index (χ0n) is 20.5. The molecule has 0 saturated carbocycles. The van der Waals surface area contributed by atoms with E-state index in [0.717, 1.165) is 0 Å². The van der Waals surface area contributed by atoms with Crippen LogP contribution in [-0.2, 0) is 4.74 Å². The smallest absolute Gasteiger partial charge is 0.409 e. The first kappa shape index (κ1) is 27.0. The molecule has 0 aromatic carbocycles. The van der Waals surface area contributed by atoms with Crippen molar-refractivity contribution in [3.63, 3.8) is 0 Å². The van der Waals surface area contributed by atoms with E-state index in [9.17, 15) is 22.8 Å². The highest BCUT2D eigenvalue weighted by Crippen LogP contribution is 2.41. The molecule has 1 saturated heterocycles. The summed E-state index contributed by atoms with van der Waals surface area (Å²) in [5.41, 5.74) is -1.04. The molecule has 1 fully saturated rings. The number of anilines is 3. The molecule has 5 rings (SSSR count). The van der Waals surface area contributed by atoms with E-state index in [-0.39, 0.29) is 48.9 Å². The summed E-state index contributed by atoms with van der Waals surface area (Å²) in [5.74, 6) is -1.61. The van der Waals surface area contributed by atoms with E-state index in [1.54, 1.807) is 17.9 Å². The number of H-pyrrole nitrogens is 1. The van der Waals surface area contributed by atoms with E-state index < -0.39 is 30.0 Å². The molecule has 1 N–H and O–H groups in total. The molecule has 0 amide bonds. The van der Waals surface area contributed by atoms with Crippen molar-refractivity contribution in [1.82, 2.24) is 24.5 Å². The Labute approximate surface area is 213 Å². The lowest BCUT2D eigenvalue weighted by molar-refractivity contribution is -0.170. The topological polar surface area (TPSA) is 118 Å². The molecule has 0 radical (unpaired) electrons. The molecule has 38 heavy (non-hydrogen) atoms. The van der Waals surface area contributed by atoms with Gasteiger partial charge in [0.2, 0.25) is 17.6 Å². The van der Waals surface area contributed by atoms with Crippen LogP contribution in [0.1, 0.15) is 19.4 Å². The zero-order chi connectivity index (χ0) is 27.4. The first-order valence-corrected chi connectivity index (χ1v) is 11.6. The van der Waals surface area contributed by atoms with Crippen molar-refractivity contribution >= 4 is 17.5 Å². The van der Waals surface area contributed by atoms with E-state index in [1.807, 2.05) is 0 Å². The van der Waals surface area contributed by atoms with Gasteiger partial charge in [0.1, 0.15) is 6.04 Å². The zero-order valence-corrected chi connectivity index (χ0v) is 20.5. The van der Waals surface area contributed by atoms with Gasteiger partial charge in [0, 0.05) is 37.6 Å². The normalized spacial score (nSPS) is 19.3. The number of aromatic nitrogens is 5. The first-order chi connectivity index (χ1) is 18.1. The van der Waals surface area contributed by atoms with Crippen LogP contribution in [0.15, 0.2) is 46.5 Å². The number of pyridine rings is 1. The summed E-state index contributed by atoms with van der Waals surface area (Å²) in [5, 5.41) is 0. The third kappa shape index (κ3) is 5.61. The number of fused-ring (bicyclic) bond motifs is 1. The fourth-order valence-electron chi connectivity index (χ4n) is 4.21. The van der Waals surface area contributed by atoms with Crippen LogP contribution in [0.5, 0.6) is 5.88 Å². The highest BCUT2D eigenvalue weighted by molar-refractivity contribution is 5.61. The lowest BCUT2D eigenvalue weighted by Crippen LogP contribution is -2.49. The number of rotatable bonds is 3. The van der Waals surface area contributed by atoms with E-state index in [4.69, 9.17) is 9.47 Å². The maximum absolute atomic E-state index is 15.1. The van der Waals surface area contributed by atoms with E-state index >= 15 is 4.39 Å². The fourth-order valence-corrected chi connectivity index (χ4v) is 4.21. The quantitative estimate of drug-likeness (QED) is 0.501. The Balaban J connectivity index is 0.000000417. The highest BCUT2D eigenvalue weighted by Gasteiger charge is 2.47. The first-order valence-electron chi connectivity index (χ1n) is 11.6. The minimum absolute atomic E-state index is 0.0759. The number of ether oxygens (including phenoxy) is 2. The van der Waals surface area contributed by atoms with Gasteiger partial charge in [0.25, 0.3) is 11.1 Å². The largest absolute Gasteiger partial charge is 0.481 e. The van der Waals surface area contributed by atoms with Crippen molar-refractivity contribution in [2.45, 2.75) is 31.6 Å². The van der Waals surface area contributed by atoms with Crippen LogP contribution < -0.4 is 25.7 Å². The van der Waals surface area contributed by atoms with Crippen molar-refractivity contribution in [3.05, 3.63) is 63.4 Å². The van der Waals surface area contributed by atoms with Crippen molar-refractivity contribution in [3.8, 4) is 5.88 Å². The Morgan fingerprint density at radius 3 is 2.58 bits per heavy atom. The second-order valence-corrected chi connectivity index (χ2v) is 8.50. The summed E-state index contributed by atoms with van der Waals surface area (Å²) in [7, 11) is 1.41. The Hall–Kier alpha value is -4.01. The van der Waals surface area contributed by atoms with E-state index in [0.29, 0.717) is 16.9 Å². The molecule has 3 aromatic rings. The molecule has 0 aliphatic carbocycles. The van der Waals surface area contributed by atoms with Crippen molar-refractivity contribution < 1.29 is 27.0 Å². The van der Waals surface area contributed by atoms with Gasteiger partial charge in [-0.1, -0.05) is 0 Å². The van der Waals surface area contributed by atoms with Crippen LogP contribution >= 0.6 is 0 Å². The van der Waals surface area contributed by atoms with Gasteiger partial charge < -0.3 is 24.3 Å². The Bertz CT molecular complexity index is 1360. The second kappa shape index (κ2) is 11.2. The van der Waals surface area contributed by atoms with Crippen LogP contribution in [0.2, 0.25) is 0 Å². The van der Waals surface area contributed by atoms with Crippen molar-refractivity contribution in [1.29, 1.82) is 0 Å². The Morgan fingerprint density at radius 1 is 1.18 bits per heavy atom. The molecule has 11 nitrogen and oxygen atoms in total. The molecule has 15 heteroatoms. The molecule has 2 aliphatic heterocycles. The van der Waals surface area contributed by atoms with E-state index in [1.165, 1.54) is 42.9 Å². The van der Waals surface area contributed by atoms with Gasteiger partial charge in [0.15, 0.2) is 5.82 Å². The van der Waals surface area contributed by atoms with Crippen LogP contribution in [-0.4, -0.2) is 70.1 Å². The van der Waals surface area contributed by atoms with Gasteiger partial charge in [-0.15, -0.1) is 0 Å². The number of hydrogen-bond donors (Lipinski definition) is 1. The number of morpholine rings is 1. The maximum Gasteiger partial charge on any atom is 0.409 e. The summed E-state index contributed by atoms with van der Waals surface area (Å²) >= 11 is 0. The Kier molecular flexibility index (Phi) is 7.94. The minimum atomic E-state index is -4.73. The summed E-state index contributed by atoms with van der Waals surface area (Å²) in [6.07, 6.45) is -0.944. The van der Waals surface area contributed by atoms with Crippen LogP contribution in [0.4, 0.5) is 35.0 Å². The molecular weight excluding hydrogens is 514 g/mol. The molecule has 5 heterocycles. The standard InChI is InChI=1S/C19H21F4N5O3.C4H4N2O/c1-11-10-31-8-7-26(11)16-15(20)17(29)28-13(19(21,22)23)4-6-27(18(28)25-16)12-3-5-24-14(9-12)30-2;7-4-1-2-5-3-6-4/h3,5,9,11,13H,4,6-8,10H2,1-2H3;1-3H,(H,5,6,7)/t11-,13-;/m1./s1. The van der Waals surface area contributed by atoms with Crippen LogP contribution in [0.3, 0.4) is 0 Å². The number of alkyl halides is 3. The predicted octanol–water partition coefficient (Wildman–Crippen LogP) is 2.43. The van der Waals surface area contributed by atoms with Crippen molar-refractivity contribution in [2.24, 2.45) is 0 Å². The lowest BCUT2D eigenvalue weighted by Gasteiger charge is -2.39. The van der Waals surface area contributed by atoms with Gasteiger partial charge in [-0.25, -0.2) is 9.97 Å². The van der Waals surface area contributed by atoms with Gasteiger partial charge in [-0.3, -0.25) is 14.2 Å². The third-order valence-corrected chi connectivity index (χ3v) is 6.05. The minimum Gasteiger partial charge on any atom is -0.481 e. The van der Waals surface area contributed by atoms with Crippen molar-refractivity contribution in [2.75, 3.05) is 43.2 Å². The maximum atomic E-state index is 15.1. The highest BCUT2D eigenvalue weighted by atomic mass is 19.4. The number of methoxy groups -OCH3 is 1. The Morgan fingerprint density at radius 2 is 1.97 bits per heavy atom. The van der Waals surface area contributed by atoms with Crippen LogP contribution in [0, 0.1) is 5.82 Å². The summed E-state index contributed by atoms with van der Waals surface area (Å²) in [4.78, 5) is 40.2. The van der Waals surface area contributed by atoms with Crippen LogP contribution in [0.25, 0.3) is 0 Å². The average molecular weight is 539 g/mol. The molecule has 3 aromatic heterocycles. The monoisotopic (exact) mass is 539 g/mol. The van der Waals surface area contributed by atoms with Gasteiger partial charge >= 0.3 is 6.18 Å². The summed E-state index contributed by atoms with van der Waals surface area (Å²) < 4.78 is 67.0.